The number of hydrogen-bond acceptors (Lipinski definition) is 8. The van der Waals surface area contributed by atoms with Gasteiger partial charge < -0.3 is 0 Å². The van der Waals surface area contributed by atoms with Gasteiger partial charge in [0.2, 0.25) is 4.34 Å². The minimum absolute atomic E-state index is 0.133. The highest BCUT2D eigenvalue weighted by molar-refractivity contribution is 7.91. The fraction of sp³-hybridized carbons (Fsp3) is 0.235. The number of aromatic amines is 1. The minimum atomic E-state index is -4.20. The molecule has 0 aliphatic carbocycles. The molecule has 0 unspecified atom stereocenters. The fourth-order valence-electron chi connectivity index (χ4n) is 2.96. The van der Waals surface area contributed by atoms with Crippen molar-refractivity contribution >= 4 is 43.5 Å². The number of amides is 3. The van der Waals surface area contributed by atoms with Gasteiger partial charge >= 0.3 is 11.7 Å². The van der Waals surface area contributed by atoms with Gasteiger partial charge in [0, 0.05) is 11.8 Å². The lowest BCUT2D eigenvalue weighted by molar-refractivity contribution is -0.135. The summed E-state index contributed by atoms with van der Waals surface area (Å²) in [5, 5.41) is 0.930. The first-order chi connectivity index (χ1) is 14.7. The number of aryl methyl sites for hydroxylation is 1. The standard InChI is InChI=1S/C17H16N6O6S2/c1-10-8-21(15(26)19-14(10)25)9-13(24)22-6-7-23(16(27)20-22)31(28,29)17-18-11-4-2-3-5-12(11)30-17/h2-5,8H,6-7,9H2,1H3,(H,20,27)(H,19,25,26). The number of hydrazine groups is 1. The average Bonchev–Trinajstić information content (AvgIpc) is 3.17. The lowest BCUT2D eigenvalue weighted by Crippen LogP contribution is -2.61. The molecule has 3 amide bonds. The molecule has 4 rings (SSSR count). The number of aromatic nitrogens is 3. The van der Waals surface area contributed by atoms with Crippen LogP contribution in [-0.4, -0.2) is 57.3 Å². The quantitative estimate of drug-likeness (QED) is 0.533. The number of carbonyl (C=O) groups excluding carboxylic acids is 2. The second kappa shape index (κ2) is 7.63. The van der Waals surface area contributed by atoms with Crippen LogP contribution >= 0.6 is 11.3 Å². The highest BCUT2D eigenvalue weighted by atomic mass is 32.2. The van der Waals surface area contributed by atoms with Crippen LogP contribution in [0.2, 0.25) is 0 Å². The van der Waals surface area contributed by atoms with E-state index in [1.165, 1.54) is 13.1 Å². The number of fused-ring (bicyclic) bond motifs is 1. The summed E-state index contributed by atoms with van der Waals surface area (Å²) in [4.78, 5) is 54.4. The van der Waals surface area contributed by atoms with Gasteiger partial charge in [-0.1, -0.05) is 12.1 Å². The van der Waals surface area contributed by atoms with Crippen LogP contribution in [0.3, 0.4) is 0 Å². The van der Waals surface area contributed by atoms with E-state index in [0.717, 1.165) is 20.9 Å². The molecule has 12 nitrogen and oxygen atoms in total. The molecule has 1 aliphatic rings. The third-order valence-electron chi connectivity index (χ3n) is 4.56. The number of para-hydroxylation sites is 1. The van der Waals surface area contributed by atoms with E-state index in [1.807, 2.05) is 0 Å². The Hall–Kier alpha value is -3.52. The molecule has 1 aromatic carbocycles. The highest BCUT2D eigenvalue weighted by Gasteiger charge is 2.37. The van der Waals surface area contributed by atoms with E-state index in [4.69, 9.17) is 0 Å². The fourth-order valence-corrected chi connectivity index (χ4v) is 5.60. The summed E-state index contributed by atoms with van der Waals surface area (Å²) in [6, 6.07) is 5.86. The van der Waals surface area contributed by atoms with Crippen LogP contribution < -0.4 is 16.7 Å². The van der Waals surface area contributed by atoms with Crippen molar-refractivity contribution in [3.05, 3.63) is 56.9 Å². The van der Waals surface area contributed by atoms with Gasteiger partial charge in [-0.2, -0.15) is 8.42 Å². The summed E-state index contributed by atoms with van der Waals surface area (Å²) in [5.41, 5.74) is 1.63. The number of urea groups is 1. The molecule has 2 N–H and O–H groups in total. The summed E-state index contributed by atoms with van der Waals surface area (Å²) in [6.07, 6.45) is 1.23. The predicted molar refractivity (Wildman–Crippen MR) is 110 cm³/mol. The molecular weight excluding hydrogens is 448 g/mol. The molecule has 3 heterocycles. The Labute approximate surface area is 178 Å². The van der Waals surface area contributed by atoms with E-state index in [-0.39, 0.29) is 23.0 Å². The Bertz CT molecular complexity index is 1390. The van der Waals surface area contributed by atoms with Crippen molar-refractivity contribution in [3.63, 3.8) is 0 Å². The van der Waals surface area contributed by atoms with Gasteiger partial charge in [0.25, 0.3) is 21.5 Å². The van der Waals surface area contributed by atoms with Crippen LogP contribution in [0.25, 0.3) is 10.2 Å². The largest absolute Gasteiger partial charge is 0.350 e. The SMILES string of the molecule is Cc1cn(CC(=O)N2CCN(S(=O)(=O)c3nc4ccccc4s3)C(=O)N2)c(=O)[nH]c1=O. The van der Waals surface area contributed by atoms with E-state index < -0.39 is 39.8 Å². The zero-order chi connectivity index (χ0) is 22.3. The number of sulfonamides is 1. The van der Waals surface area contributed by atoms with Crippen LogP contribution in [-0.2, 0) is 21.4 Å². The van der Waals surface area contributed by atoms with Crippen LogP contribution in [0.5, 0.6) is 0 Å². The summed E-state index contributed by atoms with van der Waals surface area (Å²) in [7, 11) is -4.20. The van der Waals surface area contributed by atoms with Crippen molar-refractivity contribution in [2.75, 3.05) is 13.1 Å². The molecule has 1 fully saturated rings. The number of benzene rings is 1. The van der Waals surface area contributed by atoms with Crippen molar-refractivity contribution in [3.8, 4) is 0 Å². The molecule has 0 saturated carbocycles. The Morgan fingerprint density at radius 3 is 2.65 bits per heavy atom. The first-order valence-electron chi connectivity index (χ1n) is 8.96. The smallest absolute Gasteiger partial charge is 0.291 e. The van der Waals surface area contributed by atoms with Gasteiger partial charge in [-0.05, 0) is 19.1 Å². The number of rotatable bonds is 4. The monoisotopic (exact) mass is 464 g/mol. The molecule has 0 spiro atoms. The van der Waals surface area contributed by atoms with Gasteiger partial charge in [-0.15, -0.1) is 11.3 Å². The molecule has 3 aromatic rings. The van der Waals surface area contributed by atoms with Crippen molar-refractivity contribution in [2.45, 2.75) is 17.8 Å². The molecule has 0 bridgehead atoms. The number of thiazole rings is 1. The van der Waals surface area contributed by atoms with Crippen molar-refractivity contribution < 1.29 is 18.0 Å². The predicted octanol–water partition coefficient (Wildman–Crippen LogP) is -0.388. The molecule has 31 heavy (non-hydrogen) atoms. The van der Waals surface area contributed by atoms with Gasteiger partial charge in [0.05, 0.1) is 23.3 Å². The van der Waals surface area contributed by atoms with Crippen LogP contribution in [0.1, 0.15) is 5.56 Å². The van der Waals surface area contributed by atoms with Crippen molar-refractivity contribution in [1.82, 2.24) is 29.3 Å². The minimum Gasteiger partial charge on any atom is -0.291 e. The molecule has 14 heteroatoms. The summed E-state index contributed by atoms with van der Waals surface area (Å²) < 4.78 is 27.8. The molecule has 0 radical (unpaired) electrons. The van der Waals surface area contributed by atoms with Gasteiger partial charge in [-0.25, -0.2) is 29.3 Å². The summed E-state index contributed by atoms with van der Waals surface area (Å²) in [6.45, 7) is 0.620. The number of carbonyl (C=O) groups is 2. The average molecular weight is 464 g/mol. The maximum Gasteiger partial charge on any atom is 0.350 e. The molecule has 2 aromatic heterocycles. The van der Waals surface area contributed by atoms with Crippen LogP contribution in [0.15, 0.2) is 44.4 Å². The molecule has 1 aliphatic heterocycles. The van der Waals surface area contributed by atoms with Crippen molar-refractivity contribution in [2.24, 2.45) is 0 Å². The Morgan fingerprint density at radius 1 is 1.19 bits per heavy atom. The van der Waals surface area contributed by atoms with E-state index in [1.54, 1.807) is 24.3 Å². The van der Waals surface area contributed by atoms with E-state index >= 15 is 0 Å². The maximum absolute atomic E-state index is 12.9. The van der Waals surface area contributed by atoms with Crippen molar-refractivity contribution in [1.29, 1.82) is 0 Å². The second-order valence-corrected chi connectivity index (χ2v) is 9.75. The first-order valence-corrected chi connectivity index (χ1v) is 11.2. The zero-order valence-corrected chi connectivity index (χ0v) is 17.7. The molecular formula is C17H16N6O6S2. The van der Waals surface area contributed by atoms with E-state index in [0.29, 0.717) is 14.5 Å². The second-order valence-electron chi connectivity index (χ2n) is 6.69. The third kappa shape index (κ3) is 3.82. The lowest BCUT2D eigenvalue weighted by Gasteiger charge is -2.33. The highest BCUT2D eigenvalue weighted by Crippen LogP contribution is 2.27. The van der Waals surface area contributed by atoms with Gasteiger partial charge in [-0.3, -0.25) is 19.1 Å². The number of hydrogen-bond donors (Lipinski definition) is 2. The maximum atomic E-state index is 12.9. The topological polar surface area (TPSA) is 155 Å². The molecule has 1 saturated heterocycles. The Balaban J connectivity index is 1.50. The number of nitrogens with zero attached hydrogens (tertiary/aromatic N) is 4. The van der Waals surface area contributed by atoms with E-state index in [9.17, 15) is 27.6 Å². The Kier molecular flexibility index (Phi) is 5.10. The van der Waals surface area contributed by atoms with Gasteiger partial charge in [0.15, 0.2) is 0 Å². The normalized spacial score (nSPS) is 14.7. The summed E-state index contributed by atoms with van der Waals surface area (Å²) >= 11 is 0.945. The Morgan fingerprint density at radius 2 is 1.94 bits per heavy atom. The zero-order valence-electron chi connectivity index (χ0n) is 16.1. The molecule has 162 valence electrons. The number of nitrogens with one attached hydrogen (secondary N) is 2. The lowest BCUT2D eigenvalue weighted by atomic mass is 10.3. The first kappa shape index (κ1) is 20.7. The van der Waals surface area contributed by atoms with Crippen LogP contribution in [0, 0.1) is 6.92 Å². The van der Waals surface area contributed by atoms with Crippen LogP contribution in [0.4, 0.5) is 4.79 Å². The van der Waals surface area contributed by atoms with E-state index in [2.05, 4.69) is 15.4 Å². The number of H-pyrrole nitrogens is 1. The molecule has 0 atom stereocenters. The third-order valence-corrected chi connectivity index (χ3v) is 7.74. The summed E-state index contributed by atoms with van der Waals surface area (Å²) in [5.74, 6) is -0.654. The van der Waals surface area contributed by atoms with Gasteiger partial charge in [0.1, 0.15) is 6.54 Å².